The van der Waals surface area contributed by atoms with Gasteiger partial charge in [-0.05, 0) is 13.3 Å². The normalized spacial score (nSPS) is 33.8. The van der Waals surface area contributed by atoms with Gasteiger partial charge in [-0.15, -0.1) is 0 Å². The minimum absolute atomic E-state index is 0.0220. The maximum absolute atomic E-state index is 5.63. The van der Waals surface area contributed by atoms with Crippen molar-refractivity contribution in [3.63, 3.8) is 0 Å². The van der Waals surface area contributed by atoms with Crippen molar-refractivity contribution in [1.82, 2.24) is 0 Å². The molecule has 0 aromatic carbocycles. The molecule has 1 rings (SSSR count). The molecule has 1 aliphatic rings. The van der Waals surface area contributed by atoms with Gasteiger partial charge in [0.1, 0.15) is 0 Å². The zero-order valence-electron chi connectivity index (χ0n) is 7.89. The van der Waals surface area contributed by atoms with Crippen LogP contribution in [0.1, 0.15) is 34.1 Å². The maximum Gasteiger partial charge on any atom is 0.162 e. The van der Waals surface area contributed by atoms with E-state index in [1.165, 1.54) is 0 Å². The summed E-state index contributed by atoms with van der Waals surface area (Å²) < 4.78 is 11.1. The number of hydrogen-bond donors (Lipinski definition) is 0. The van der Waals surface area contributed by atoms with Crippen LogP contribution in [-0.2, 0) is 9.47 Å². The molecule has 2 nitrogen and oxygen atoms in total. The van der Waals surface area contributed by atoms with Crippen LogP contribution in [0.25, 0.3) is 0 Å². The number of ether oxygens (including phenoxy) is 2. The van der Waals surface area contributed by atoms with Gasteiger partial charge in [-0.3, -0.25) is 0 Å². The van der Waals surface area contributed by atoms with Crippen LogP contribution in [-0.4, -0.2) is 19.0 Å². The van der Waals surface area contributed by atoms with E-state index in [0.29, 0.717) is 6.10 Å². The van der Waals surface area contributed by atoms with Gasteiger partial charge >= 0.3 is 0 Å². The molecule has 0 radical (unpaired) electrons. The van der Waals surface area contributed by atoms with E-state index in [1.807, 2.05) is 0 Å². The summed E-state index contributed by atoms with van der Waals surface area (Å²) in [6.07, 6.45) is 1.35. The molecule has 0 N–H and O–H groups in total. The van der Waals surface area contributed by atoms with Gasteiger partial charge in [0.05, 0.1) is 12.7 Å². The smallest absolute Gasteiger partial charge is 0.162 e. The molecule has 1 saturated heterocycles. The van der Waals surface area contributed by atoms with E-state index in [4.69, 9.17) is 9.47 Å². The molecule has 66 valence electrons. The molecule has 0 aromatic rings. The van der Waals surface area contributed by atoms with E-state index < -0.39 is 0 Å². The van der Waals surface area contributed by atoms with Crippen LogP contribution in [0.15, 0.2) is 0 Å². The molecule has 0 spiro atoms. The predicted octanol–water partition coefficient (Wildman–Crippen LogP) is 2.18. The molecule has 0 aliphatic carbocycles. The molecule has 11 heavy (non-hydrogen) atoms. The van der Waals surface area contributed by atoms with Crippen LogP contribution < -0.4 is 0 Å². The van der Waals surface area contributed by atoms with E-state index in [1.54, 1.807) is 0 Å². The third-order valence-electron chi connectivity index (χ3n) is 1.86. The first-order valence-electron chi connectivity index (χ1n) is 4.27. The van der Waals surface area contributed by atoms with Crippen molar-refractivity contribution in [2.45, 2.75) is 46.5 Å². The standard InChI is InChI=1S/C9H18O2/c1-7-5-6-10-8(11-7)9(2,3)4/h7-8H,5-6H2,1-4H3/t7-,8-/m1/s1. The maximum atomic E-state index is 5.63. The summed E-state index contributed by atoms with van der Waals surface area (Å²) in [5.74, 6) is 0. The molecule has 2 heteroatoms. The average Bonchev–Trinajstić information content (AvgIpc) is 1.86. The lowest BCUT2D eigenvalue weighted by Gasteiger charge is -2.36. The molecular weight excluding hydrogens is 140 g/mol. The third-order valence-corrected chi connectivity index (χ3v) is 1.86. The molecule has 0 saturated carbocycles. The highest BCUT2D eigenvalue weighted by atomic mass is 16.7. The molecule has 0 unspecified atom stereocenters. The molecule has 0 amide bonds. The number of rotatable bonds is 0. The predicted molar refractivity (Wildman–Crippen MR) is 44.4 cm³/mol. The topological polar surface area (TPSA) is 18.5 Å². The van der Waals surface area contributed by atoms with Crippen molar-refractivity contribution in [2.24, 2.45) is 5.41 Å². The Morgan fingerprint density at radius 1 is 1.27 bits per heavy atom. The monoisotopic (exact) mass is 158 g/mol. The Bertz CT molecular complexity index is 126. The van der Waals surface area contributed by atoms with Gasteiger partial charge in [0.15, 0.2) is 6.29 Å². The summed E-state index contributed by atoms with van der Waals surface area (Å²) in [6.45, 7) is 9.34. The molecule has 1 fully saturated rings. The minimum atomic E-state index is -0.0220. The molecule has 0 aromatic heterocycles. The summed E-state index contributed by atoms with van der Waals surface area (Å²) >= 11 is 0. The van der Waals surface area contributed by atoms with Crippen molar-refractivity contribution in [3.05, 3.63) is 0 Å². The first-order valence-corrected chi connectivity index (χ1v) is 4.27. The summed E-state index contributed by atoms with van der Waals surface area (Å²) in [6, 6.07) is 0. The quantitative estimate of drug-likeness (QED) is 0.538. The van der Waals surface area contributed by atoms with Gasteiger partial charge in [-0.25, -0.2) is 0 Å². The van der Waals surface area contributed by atoms with Crippen LogP contribution >= 0.6 is 0 Å². The van der Waals surface area contributed by atoms with E-state index in [9.17, 15) is 0 Å². The lowest BCUT2D eigenvalue weighted by atomic mass is 9.95. The van der Waals surface area contributed by atoms with Crippen LogP contribution in [0.3, 0.4) is 0 Å². The Labute approximate surface area is 68.9 Å². The minimum Gasteiger partial charge on any atom is -0.352 e. The Morgan fingerprint density at radius 2 is 1.91 bits per heavy atom. The Morgan fingerprint density at radius 3 is 2.27 bits per heavy atom. The summed E-state index contributed by atoms with van der Waals surface area (Å²) in [5, 5.41) is 0. The fourth-order valence-electron chi connectivity index (χ4n) is 1.11. The Balaban J connectivity index is 2.46. The summed E-state index contributed by atoms with van der Waals surface area (Å²) in [5.41, 5.74) is 0.106. The lowest BCUT2D eigenvalue weighted by molar-refractivity contribution is -0.248. The third kappa shape index (κ3) is 2.46. The van der Waals surface area contributed by atoms with Gasteiger partial charge in [-0.1, -0.05) is 20.8 Å². The van der Waals surface area contributed by atoms with Crippen molar-refractivity contribution < 1.29 is 9.47 Å². The highest BCUT2D eigenvalue weighted by molar-refractivity contribution is 4.70. The van der Waals surface area contributed by atoms with Crippen LogP contribution in [0.2, 0.25) is 0 Å². The fraction of sp³-hybridized carbons (Fsp3) is 1.00. The zero-order chi connectivity index (χ0) is 8.48. The molecule has 2 atom stereocenters. The van der Waals surface area contributed by atoms with E-state index in [2.05, 4.69) is 27.7 Å². The molecule has 1 heterocycles. The second-order valence-electron chi connectivity index (χ2n) is 4.30. The lowest BCUT2D eigenvalue weighted by Crippen LogP contribution is -2.39. The van der Waals surface area contributed by atoms with E-state index >= 15 is 0 Å². The first kappa shape index (κ1) is 9.01. The van der Waals surface area contributed by atoms with Crippen LogP contribution in [0, 0.1) is 5.41 Å². The highest BCUT2D eigenvalue weighted by Gasteiger charge is 2.30. The van der Waals surface area contributed by atoms with Gasteiger partial charge in [0.25, 0.3) is 0 Å². The van der Waals surface area contributed by atoms with Crippen LogP contribution in [0.4, 0.5) is 0 Å². The second-order valence-corrected chi connectivity index (χ2v) is 4.30. The SMILES string of the molecule is C[C@@H]1CCO[C@@H](C(C)(C)C)O1. The van der Waals surface area contributed by atoms with Crippen molar-refractivity contribution >= 4 is 0 Å². The number of hydrogen-bond acceptors (Lipinski definition) is 2. The van der Waals surface area contributed by atoms with Gasteiger partial charge < -0.3 is 9.47 Å². The van der Waals surface area contributed by atoms with Crippen molar-refractivity contribution in [1.29, 1.82) is 0 Å². The molecular formula is C9H18O2. The van der Waals surface area contributed by atoms with Crippen molar-refractivity contribution in [2.75, 3.05) is 6.61 Å². The van der Waals surface area contributed by atoms with Crippen molar-refractivity contribution in [3.8, 4) is 0 Å². The van der Waals surface area contributed by atoms with E-state index in [0.717, 1.165) is 13.0 Å². The van der Waals surface area contributed by atoms with Crippen LogP contribution in [0.5, 0.6) is 0 Å². The summed E-state index contributed by atoms with van der Waals surface area (Å²) in [7, 11) is 0. The second kappa shape index (κ2) is 3.11. The summed E-state index contributed by atoms with van der Waals surface area (Å²) in [4.78, 5) is 0. The van der Waals surface area contributed by atoms with Gasteiger partial charge in [0, 0.05) is 5.41 Å². The Kier molecular flexibility index (Phi) is 2.55. The zero-order valence-corrected chi connectivity index (χ0v) is 7.89. The largest absolute Gasteiger partial charge is 0.352 e. The highest BCUT2D eigenvalue weighted by Crippen LogP contribution is 2.27. The molecule has 1 aliphatic heterocycles. The first-order chi connectivity index (χ1) is 5.00. The average molecular weight is 158 g/mol. The van der Waals surface area contributed by atoms with Gasteiger partial charge in [0.2, 0.25) is 0 Å². The van der Waals surface area contributed by atoms with E-state index in [-0.39, 0.29) is 11.7 Å². The molecule has 0 bridgehead atoms. The Hall–Kier alpha value is -0.0800. The van der Waals surface area contributed by atoms with Gasteiger partial charge in [-0.2, -0.15) is 0 Å². The fourth-order valence-corrected chi connectivity index (χ4v) is 1.11.